The van der Waals surface area contributed by atoms with Crippen molar-refractivity contribution in [1.29, 1.82) is 0 Å². The second-order valence-electron chi connectivity index (χ2n) is 4.20. The van der Waals surface area contributed by atoms with Crippen LogP contribution in [0.4, 0.5) is 0 Å². The first-order valence-corrected chi connectivity index (χ1v) is 5.15. The third-order valence-electron chi connectivity index (χ3n) is 2.42. The van der Waals surface area contributed by atoms with Crippen molar-refractivity contribution in [3.63, 3.8) is 0 Å². The maximum Gasteiger partial charge on any atom is 0.323 e. The molecule has 1 saturated heterocycles. The van der Waals surface area contributed by atoms with E-state index in [-0.39, 0.29) is 18.2 Å². The fourth-order valence-corrected chi connectivity index (χ4v) is 1.78. The van der Waals surface area contributed by atoms with E-state index < -0.39 is 12.0 Å². The molecule has 0 aromatic heterocycles. The molecule has 0 spiro atoms. The van der Waals surface area contributed by atoms with Crippen molar-refractivity contribution in [2.75, 3.05) is 0 Å². The standard InChI is InChI=1S/C10H19NO3/c1-6(2)11-9(10(12)13)8-5-4-7(3)14-8/h6-9,11H,4-5H2,1-3H3,(H,12,13). The lowest BCUT2D eigenvalue weighted by Crippen LogP contribution is -2.48. The summed E-state index contributed by atoms with van der Waals surface area (Å²) in [6.07, 6.45) is 1.80. The van der Waals surface area contributed by atoms with Gasteiger partial charge in [0.2, 0.25) is 0 Å². The summed E-state index contributed by atoms with van der Waals surface area (Å²) in [4.78, 5) is 11.0. The molecule has 0 saturated carbocycles. The van der Waals surface area contributed by atoms with Gasteiger partial charge in [0.05, 0.1) is 12.2 Å². The van der Waals surface area contributed by atoms with Crippen LogP contribution in [0.1, 0.15) is 33.6 Å². The molecule has 0 aromatic carbocycles. The maximum absolute atomic E-state index is 11.0. The lowest BCUT2D eigenvalue weighted by atomic mass is 10.1. The summed E-state index contributed by atoms with van der Waals surface area (Å²) in [5.41, 5.74) is 0. The van der Waals surface area contributed by atoms with E-state index in [1.54, 1.807) is 0 Å². The highest BCUT2D eigenvalue weighted by Gasteiger charge is 2.34. The van der Waals surface area contributed by atoms with Crippen LogP contribution < -0.4 is 5.32 Å². The zero-order chi connectivity index (χ0) is 10.7. The maximum atomic E-state index is 11.0. The average Bonchev–Trinajstić information content (AvgIpc) is 2.46. The first-order valence-electron chi connectivity index (χ1n) is 5.15. The number of nitrogens with one attached hydrogen (secondary N) is 1. The first kappa shape index (κ1) is 11.5. The van der Waals surface area contributed by atoms with Crippen LogP contribution in [0.25, 0.3) is 0 Å². The van der Waals surface area contributed by atoms with Crippen LogP contribution in [0, 0.1) is 0 Å². The summed E-state index contributed by atoms with van der Waals surface area (Å²) in [5, 5.41) is 12.0. The number of rotatable bonds is 4. The quantitative estimate of drug-likeness (QED) is 0.712. The van der Waals surface area contributed by atoms with Gasteiger partial charge in [-0.2, -0.15) is 0 Å². The lowest BCUT2D eigenvalue weighted by Gasteiger charge is -2.23. The summed E-state index contributed by atoms with van der Waals surface area (Å²) in [5.74, 6) is -0.821. The van der Waals surface area contributed by atoms with Gasteiger partial charge in [0.1, 0.15) is 6.04 Å². The molecule has 0 aromatic rings. The molecule has 0 aliphatic carbocycles. The van der Waals surface area contributed by atoms with Gasteiger partial charge in [-0.15, -0.1) is 0 Å². The fourth-order valence-electron chi connectivity index (χ4n) is 1.78. The Morgan fingerprint density at radius 1 is 1.50 bits per heavy atom. The summed E-state index contributed by atoms with van der Waals surface area (Å²) < 4.78 is 5.54. The molecule has 1 heterocycles. The van der Waals surface area contributed by atoms with Crippen LogP contribution >= 0.6 is 0 Å². The minimum Gasteiger partial charge on any atom is -0.480 e. The van der Waals surface area contributed by atoms with Crippen molar-refractivity contribution in [2.24, 2.45) is 0 Å². The van der Waals surface area contributed by atoms with Gasteiger partial charge in [-0.1, -0.05) is 13.8 Å². The van der Waals surface area contributed by atoms with Crippen molar-refractivity contribution in [2.45, 2.75) is 57.9 Å². The largest absolute Gasteiger partial charge is 0.480 e. The Bertz CT molecular complexity index is 206. The van der Waals surface area contributed by atoms with Crippen LogP contribution in [-0.2, 0) is 9.53 Å². The van der Waals surface area contributed by atoms with E-state index in [9.17, 15) is 4.79 Å². The van der Waals surface area contributed by atoms with Crippen LogP contribution in [0.5, 0.6) is 0 Å². The minimum absolute atomic E-state index is 0.163. The number of hydrogen-bond acceptors (Lipinski definition) is 3. The van der Waals surface area contributed by atoms with Crippen LogP contribution in [0.3, 0.4) is 0 Å². The van der Waals surface area contributed by atoms with Gasteiger partial charge >= 0.3 is 5.97 Å². The molecular weight excluding hydrogens is 182 g/mol. The van der Waals surface area contributed by atoms with E-state index in [0.29, 0.717) is 0 Å². The summed E-state index contributed by atoms with van der Waals surface area (Å²) in [6.45, 7) is 5.86. The molecule has 0 amide bonds. The SMILES string of the molecule is CC(C)NC(C(=O)O)C1CCC(C)O1. The molecule has 14 heavy (non-hydrogen) atoms. The Kier molecular flexibility index (Phi) is 3.89. The van der Waals surface area contributed by atoms with Gasteiger partial charge < -0.3 is 9.84 Å². The molecule has 82 valence electrons. The molecule has 2 N–H and O–H groups in total. The van der Waals surface area contributed by atoms with Crippen LogP contribution in [0.2, 0.25) is 0 Å². The molecule has 0 bridgehead atoms. The Morgan fingerprint density at radius 3 is 2.50 bits per heavy atom. The molecule has 1 aliphatic rings. The topological polar surface area (TPSA) is 58.6 Å². The number of carboxylic acids is 1. The van der Waals surface area contributed by atoms with Crippen molar-refractivity contribution in [3.8, 4) is 0 Å². The van der Waals surface area contributed by atoms with Crippen molar-refractivity contribution >= 4 is 5.97 Å². The van der Waals surface area contributed by atoms with E-state index >= 15 is 0 Å². The Balaban J connectivity index is 2.54. The number of ether oxygens (including phenoxy) is 1. The highest BCUT2D eigenvalue weighted by Crippen LogP contribution is 2.22. The Hall–Kier alpha value is -0.610. The predicted octanol–water partition coefficient (Wildman–Crippen LogP) is 1.01. The number of carboxylic acid groups (broad SMARTS) is 1. The number of aliphatic carboxylic acids is 1. The van der Waals surface area contributed by atoms with Crippen molar-refractivity contribution < 1.29 is 14.6 Å². The third-order valence-corrected chi connectivity index (χ3v) is 2.42. The van der Waals surface area contributed by atoms with Gasteiger partial charge in [-0.05, 0) is 19.8 Å². The van der Waals surface area contributed by atoms with E-state index in [1.807, 2.05) is 20.8 Å². The normalized spacial score (nSPS) is 29.4. The predicted molar refractivity (Wildman–Crippen MR) is 53.3 cm³/mol. The summed E-state index contributed by atoms with van der Waals surface area (Å²) in [6, 6.07) is -0.407. The zero-order valence-corrected chi connectivity index (χ0v) is 8.99. The van der Waals surface area contributed by atoms with Gasteiger partial charge in [-0.3, -0.25) is 10.1 Å². The van der Waals surface area contributed by atoms with Crippen molar-refractivity contribution in [1.82, 2.24) is 5.32 Å². The molecular formula is C10H19NO3. The van der Waals surface area contributed by atoms with Crippen LogP contribution in [0.15, 0.2) is 0 Å². The van der Waals surface area contributed by atoms with E-state index in [1.165, 1.54) is 0 Å². The fraction of sp³-hybridized carbons (Fsp3) is 0.900. The van der Waals surface area contributed by atoms with Gasteiger partial charge in [0, 0.05) is 6.04 Å². The molecule has 3 atom stereocenters. The molecule has 4 heteroatoms. The summed E-state index contributed by atoms with van der Waals surface area (Å²) >= 11 is 0. The highest BCUT2D eigenvalue weighted by molar-refractivity contribution is 5.74. The summed E-state index contributed by atoms with van der Waals surface area (Å²) in [7, 11) is 0. The van der Waals surface area contributed by atoms with Crippen molar-refractivity contribution in [3.05, 3.63) is 0 Å². The van der Waals surface area contributed by atoms with Gasteiger partial charge in [-0.25, -0.2) is 0 Å². The number of hydrogen-bond donors (Lipinski definition) is 2. The average molecular weight is 201 g/mol. The Labute approximate surface area is 84.6 Å². The Morgan fingerprint density at radius 2 is 2.14 bits per heavy atom. The van der Waals surface area contributed by atoms with Gasteiger partial charge in [0.25, 0.3) is 0 Å². The second-order valence-corrected chi connectivity index (χ2v) is 4.20. The molecule has 3 unspecified atom stereocenters. The molecule has 1 fully saturated rings. The smallest absolute Gasteiger partial charge is 0.323 e. The molecule has 4 nitrogen and oxygen atoms in total. The molecule has 1 rings (SSSR count). The highest BCUT2D eigenvalue weighted by atomic mass is 16.5. The zero-order valence-electron chi connectivity index (χ0n) is 8.99. The van der Waals surface area contributed by atoms with Crippen LogP contribution in [-0.4, -0.2) is 35.4 Å². The van der Waals surface area contributed by atoms with E-state index in [0.717, 1.165) is 12.8 Å². The minimum atomic E-state index is -0.821. The molecule has 0 radical (unpaired) electrons. The van der Waals surface area contributed by atoms with E-state index in [4.69, 9.17) is 9.84 Å². The van der Waals surface area contributed by atoms with E-state index in [2.05, 4.69) is 5.32 Å². The second kappa shape index (κ2) is 4.75. The number of carbonyl (C=O) groups is 1. The first-order chi connectivity index (χ1) is 6.50. The monoisotopic (exact) mass is 201 g/mol. The van der Waals surface area contributed by atoms with Gasteiger partial charge in [0.15, 0.2) is 0 Å². The molecule has 1 aliphatic heterocycles. The lowest BCUT2D eigenvalue weighted by molar-refractivity contribution is -0.143. The third kappa shape index (κ3) is 2.96.